The highest BCUT2D eigenvalue weighted by Gasteiger charge is 2.37. The number of hydrogen-bond acceptors (Lipinski definition) is 4. The van der Waals surface area contributed by atoms with Gasteiger partial charge in [0.05, 0.1) is 14.2 Å². The number of halogens is 1. The molecule has 22 heavy (non-hydrogen) atoms. The van der Waals surface area contributed by atoms with E-state index in [1.807, 2.05) is 13.0 Å². The smallest absolute Gasteiger partial charge is 0.343 e. The molecule has 1 aliphatic rings. The van der Waals surface area contributed by atoms with Gasteiger partial charge in [0, 0.05) is 11.1 Å². The first-order valence-electron chi connectivity index (χ1n) is 6.78. The summed E-state index contributed by atoms with van der Waals surface area (Å²) in [7, 11) is 2.99. The zero-order valence-corrected chi connectivity index (χ0v) is 12.5. The maximum atomic E-state index is 14.2. The molecule has 0 saturated carbocycles. The van der Waals surface area contributed by atoms with E-state index in [0.29, 0.717) is 22.6 Å². The van der Waals surface area contributed by atoms with Crippen molar-refractivity contribution >= 4 is 5.97 Å². The summed E-state index contributed by atoms with van der Waals surface area (Å²) in [4.78, 5) is 12.2. The summed E-state index contributed by atoms with van der Waals surface area (Å²) >= 11 is 0. The summed E-state index contributed by atoms with van der Waals surface area (Å²) in [5.41, 5.74) is 2.12. The van der Waals surface area contributed by atoms with E-state index in [0.717, 1.165) is 5.56 Å². The Labute approximate surface area is 127 Å². The Morgan fingerprint density at radius 2 is 1.86 bits per heavy atom. The van der Waals surface area contributed by atoms with E-state index >= 15 is 0 Å². The van der Waals surface area contributed by atoms with Crippen LogP contribution < -0.4 is 9.47 Å². The number of carbonyl (C=O) groups excluding carboxylic acids is 1. The maximum Gasteiger partial charge on any atom is 0.343 e. The highest BCUT2D eigenvalue weighted by molar-refractivity contribution is 5.97. The summed E-state index contributed by atoms with van der Waals surface area (Å²) < 4.78 is 29.9. The average molecular weight is 302 g/mol. The van der Waals surface area contributed by atoms with Crippen molar-refractivity contribution in [2.45, 2.75) is 13.0 Å². The molecule has 0 saturated heterocycles. The van der Waals surface area contributed by atoms with E-state index in [-0.39, 0.29) is 5.56 Å². The number of ether oxygens (including phenoxy) is 3. The van der Waals surface area contributed by atoms with Gasteiger partial charge in [-0.1, -0.05) is 6.07 Å². The number of methoxy groups -OCH3 is 2. The Morgan fingerprint density at radius 3 is 2.55 bits per heavy atom. The fourth-order valence-corrected chi connectivity index (χ4v) is 2.68. The highest BCUT2D eigenvalue weighted by Crippen LogP contribution is 2.42. The Morgan fingerprint density at radius 1 is 1.09 bits per heavy atom. The number of benzene rings is 2. The zero-order chi connectivity index (χ0) is 15.9. The SMILES string of the molecule is COc1ccc(F)c(C2OC(=O)c3c(OC)cc(C)cc32)c1. The van der Waals surface area contributed by atoms with Crippen molar-refractivity contribution in [1.29, 1.82) is 0 Å². The Kier molecular flexibility index (Phi) is 3.48. The molecule has 0 amide bonds. The van der Waals surface area contributed by atoms with Crippen molar-refractivity contribution < 1.29 is 23.4 Å². The average Bonchev–Trinajstić information content (AvgIpc) is 2.83. The molecule has 0 fully saturated rings. The van der Waals surface area contributed by atoms with Crippen LogP contribution in [0.1, 0.15) is 33.2 Å². The van der Waals surface area contributed by atoms with Gasteiger partial charge in [-0.2, -0.15) is 0 Å². The molecule has 0 radical (unpaired) electrons. The summed E-state index contributed by atoms with van der Waals surface area (Å²) in [6, 6.07) is 7.92. The van der Waals surface area contributed by atoms with Gasteiger partial charge in [-0.25, -0.2) is 9.18 Å². The Bertz CT molecular complexity index is 755. The molecule has 0 aliphatic carbocycles. The predicted molar refractivity (Wildman–Crippen MR) is 77.9 cm³/mol. The van der Waals surface area contributed by atoms with Crippen molar-refractivity contribution in [3.05, 3.63) is 58.4 Å². The highest BCUT2D eigenvalue weighted by atomic mass is 19.1. The van der Waals surface area contributed by atoms with Gasteiger partial charge >= 0.3 is 5.97 Å². The minimum Gasteiger partial charge on any atom is -0.497 e. The van der Waals surface area contributed by atoms with Crippen molar-refractivity contribution in [3.8, 4) is 11.5 Å². The van der Waals surface area contributed by atoms with E-state index in [1.54, 1.807) is 6.07 Å². The number of rotatable bonds is 3. The third-order valence-electron chi connectivity index (χ3n) is 3.69. The molecule has 1 aliphatic heterocycles. The molecule has 0 N–H and O–H groups in total. The quantitative estimate of drug-likeness (QED) is 0.815. The van der Waals surface area contributed by atoms with E-state index in [1.165, 1.54) is 32.4 Å². The van der Waals surface area contributed by atoms with Gasteiger partial charge in [0.1, 0.15) is 22.9 Å². The molecule has 5 heteroatoms. The van der Waals surface area contributed by atoms with Crippen molar-refractivity contribution in [1.82, 2.24) is 0 Å². The van der Waals surface area contributed by atoms with Crippen LogP contribution in [-0.4, -0.2) is 20.2 Å². The summed E-state index contributed by atoms with van der Waals surface area (Å²) in [6.07, 6.45) is -0.800. The number of aryl methyl sites for hydroxylation is 1. The first-order chi connectivity index (χ1) is 10.5. The molecule has 114 valence electrons. The molecular formula is C17H15FO4. The van der Waals surface area contributed by atoms with Crippen LogP contribution in [0.25, 0.3) is 0 Å². The third-order valence-corrected chi connectivity index (χ3v) is 3.69. The largest absolute Gasteiger partial charge is 0.497 e. The fraction of sp³-hybridized carbons (Fsp3) is 0.235. The second-order valence-electron chi connectivity index (χ2n) is 5.10. The number of fused-ring (bicyclic) bond motifs is 1. The zero-order valence-electron chi connectivity index (χ0n) is 12.5. The minimum absolute atomic E-state index is 0.263. The van der Waals surface area contributed by atoms with E-state index in [9.17, 15) is 9.18 Å². The number of esters is 1. The molecule has 0 aromatic heterocycles. The second-order valence-corrected chi connectivity index (χ2v) is 5.10. The fourth-order valence-electron chi connectivity index (χ4n) is 2.68. The summed E-state index contributed by atoms with van der Waals surface area (Å²) in [5, 5.41) is 0. The van der Waals surface area contributed by atoms with Gasteiger partial charge in [-0.3, -0.25) is 0 Å². The number of cyclic esters (lactones) is 1. The van der Waals surface area contributed by atoms with Gasteiger partial charge in [0.25, 0.3) is 0 Å². The van der Waals surface area contributed by atoms with Crippen molar-refractivity contribution in [2.75, 3.05) is 14.2 Å². The molecule has 1 atom stereocenters. The van der Waals surface area contributed by atoms with Crippen LogP contribution in [0.5, 0.6) is 11.5 Å². The lowest BCUT2D eigenvalue weighted by Gasteiger charge is -2.14. The van der Waals surface area contributed by atoms with Crippen molar-refractivity contribution in [2.24, 2.45) is 0 Å². The molecular weight excluding hydrogens is 287 g/mol. The predicted octanol–water partition coefficient (Wildman–Crippen LogP) is 3.41. The minimum atomic E-state index is -0.800. The van der Waals surface area contributed by atoms with Gasteiger partial charge in [0.15, 0.2) is 6.10 Å². The standard InChI is InChI=1S/C17H15FO4/c1-9-6-12-15(14(7-9)21-3)17(19)22-16(12)11-8-10(20-2)4-5-13(11)18/h4-8,16H,1-3H3. The third kappa shape index (κ3) is 2.19. The molecule has 3 rings (SSSR count). The van der Waals surface area contributed by atoms with Gasteiger partial charge in [-0.15, -0.1) is 0 Å². The molecule has 1 heterocycles. The van der Waals surface area contributed by atoms with Gasteiger partial charge in [0.2, 0.25) is 0 Å². The second kappa shape index (κ2) is 5.33. The number of carbonyl (C=O) groups is 1. The van der Waals surface area contributed by atoms with E-state index < -0.39 is 17.9 Å². The van der Waals surface area contributed by atoms with Gasteiger partial charge in [-0.05, 0) is 36.8 Å². The van der Waals surface area contributed by atoms with Crippen LogP contribution in [-0.2, 0) is 4.74 Å². The van der Waals surface area contributed by atoms with Crippen molar-refractivity contribution in [3.63, 3.8) is 0 Å². The van der Waals surface area contributed by atoms with Crippen LogP contribution >= 0.6 is 0 Å². The van der Waals surface area contributed by atoms with Gasteiger partial charge < -0.3 is 14.2 Å². The van der Waals surface area contributed by atoms with Crippen LogP contribution in [0.2, 0.25) is 0 Å². The monoisotopic (exact) mass is 302 g/mol. The first-order valence-corrected chi connectivity index (χ1v) is 6.78. The van der Waals surface area contributed by atoms with Crippen LogP contribution in [0.15, 0.2) is 30.3 Å². The normalized spacial score (nSPS) is 16.2. The first kappa shape index (κ1) is 14.4. The topological polar surface area (TPSA) is 44.8 Å². The Hall–Kier alpha value is -2.56. The van der Waals surface area contributed by atoms with Crippen LogP contribution in [0.4, 0.5) is 4.39 Å². The molecule has 0 bridgehead atoms. The number of hydrogen-bond donors (Lipinski definition) is 0. The van der Waals surface area contributed by atoms with E-state index in [2.05, 4.69) is 0 Å². The molecule has 2 aromatic rings. The molecule has 1 unspecified atom stereocenters. The van der Waals surface area contributed by atoms with Crippen LogP contribution in [0.3, 0.4) is 0 Å². The lowest BCUT2D eigenvalue weighted by Crippen LogP contribution is -2.04. The maximum absolute atomic E-state index is 14.2. The molecule has 0 spiro atoms. The summed E-state index contributed by atoms with van der Waals surface area (Å²) in [6.45, 7) is 1.88. The summed E-state index contributed by atoms with van der Waals surface area (Å²) in [5.74, 6) is -0.0303. The van der Waals surface area contributed by atoms with E-state index in [4.69, 9.17) is 14.2 Å². The molecule has 4 nitrogen and oxygen atoms in total. The lowest BCUT2D eigenvalue weighted by atomic mass is 9.96. The van der Waals surface area contributed by atoms with Crippen LogP contribution in [0, 0.1) is 12.7 Å². The molecule has 2 aromatic carbocycles. The lowest BCUT2D eigenvalue weighted by molar-refractivity contribution is 0.0448. The Balaban J connectivity index is 2.18.